The molecule has 2 N–H and O–H groups in total. The first-order chi connectivity index (χ1) is 16.1. The molecule has 2 aliphatic heterocycles. The Morgan fingerprint density at radius 1 is 1.06 bits per heavy atom. The standard InChI is InChI=1S/C23H18F3N3O4S/c1-32-15-7-6-11(8-16(15)33-2)17-14(10-27)20(28)34-19-18(17)21(30)29(22(19)31)13-5-3-4-12(9-13)23(24,25)26/h3-9,17-19H,28H2,1-2H3/t17-,18-,19-/m0/s1. The van der Waals surface area contributed by atoms with Gasteiger partial charge in [-0.3, -0.25) is 9.59 Å². The molecule has 4 rings (SSSR count). The molecular weight excluding hydrogens is 471 g/mol. The van der Waals surface area contributed by atoms with Crippen LogP contribution in [0.3, 0.4) is 0 Å². The minimum atomic E-state index is -4.65. The summed E-state index contributed by atoms with van der Waals surface area (Å²) in [6, 6.07) is 10.9. The third-order valence-corrected chi connectivity index (χ3v) is 7.03. The Morgan fingerprint density at radius 2 is 1.76 bits per heavy atom. The van der Waals surface area contributed by atoms with Gasteiger partial charge in [0.25, 0.3) is 0 Å². The molecule has 2 heterocycles. The van der Waals surface area contributed by atoms with Crippen molar-refractivity contribution >= 4 is 29.3 Å². The lowest BCUT2D eigenvalue weighted by Gasteiger charge is -2.31. The van der Waals surface area contributed by atoms with Gasteiger partial charge in [0, 0.05) is 5.92 Å². The Bertz CT molecular complexity index is 1250. The minimum absolute atomic E-state index is 0.0792. The second-order valence-electron chi connectivity index (χ2n) is 7.61. The summed E-state index contributed by atoms with van der Waals surface area (Å²) in [5, 5.41) is 8.89. The Balaban J connectivity index is 1.83. The normalized spacial score (nSPS) is 22.5. The lowest BCUT2D eigenvalue weighted by Crippen LogP contribution is -2.33. The Morgan fingerprint density at radius 3 is 2.38 bits per heavy atom. The number of hydrogen-bond donors (Lipinski definition) is 1. The van der Waals surface area contributed by atoms with Crippen molar-refractivity contribution in [3.05, 3.63) is 64.2 Å². The predicted octanol–water partition coefficient (Wildman–Crippen LogP) is 3.81. The van der Waals surface area contributed by atoms with Gasteiger partial charge >= 0.3 is 6.18 Å². The molecule has 2 amide bonds. The summed E-state index contributed by atoms with van der Waals surface area (Å²) in [7, 11) is 2.88. The number of alkyl halides is 3. The van der Waals surface area contributed by atoms with Gasteiger partial charge in [0.05, 0.1) is 48.1 Å². The first-order valence-corrected chi connectivity index (χ1v) is 10.8. The summed E-state index contributed by atoms with van der Waals surface area (Å²) in [5.41, 5.74) is 5.52. The van der Waals surface area contributed by atoms with Crippen LogP contribution in [-0.2, 0) is 15.8 Å². The maximum atomic E-state index is 13.5. The number of thioether (sulfide) groups is 1. The monoisotopic (exact) mass is 489 g/mol. The molecule has 1 fully saturated rings. The topological polar surface area (TPSA) is 106 Å². The van der Waals surface area contributed by atoms with Crippen LogP contribution in [-0.4, -0.2) is 31.3 Å². The molecule has 2 aliphatic rings. The highest BCUT2D eigenvalue weighted by molar-refractivity contribution is 8.04. The van der Waals surface area contributed by atoms with Crippen LogP contribution >= 0.6 is 11.8 Å². The number of methoxy groups -OCH3 is 2. The molecule has 0 unspecified atom stereocenters. The van der Waals surface area contributed by atoms with Crippen molar-refractivity contribution in [2.75, 3.05) is 19.1 Å². The van der Waals surface area contributed by atoms with Crippen molar-refractivity contribution in [2.45, 2.75) is 17.3 Å². The fourth-order valence-electron chi connectivity index (χ4n) is 4.26. The first kappa shape index (κ1) is 23.5. The molecular formula is C23H18F3N3O4S. The smallest absolute Gasteiger partial charge is 0.416 e. The van der Waals surface area contributed by atoms with E-state index in [0.29, 0.717) is 17.1 Å². The van der Waals surface area contributed by atoms with Gasteiger partial charge in [-0.25, -0.2) is 4.90 Å². The molecule has 0 radical (unpaired) electrons. The Labute approximate surface area is 196 Å². The zero-order valence-corrected chi connectivity index (χ0v) is 18.7. The SMILES string of the molecule is COc1ccc([C@H]2C(C#N)=C(N)S[C@@H]3C(=O)N(c4cccc(C(F)(F)F)c4)C(=O)[C@H]32)cc1OC. The van der Waals surface area contributed by atoms with Gasteiger partial charge in [0.1, 0.15) is 5.25 Å². The summed E-state index contributed by atoms with van der Waals surface area (Å²) in [6.07, 6.45) is -4.65. The predicted molar refractivity (Wildman–Crippen MR) is 118 cm³/mol. The Kier molecular flexibility index (Phi) is 5.95. The number of anilines is 1. The molecule has 34 heavy (non-hydrogen) atoms. The molecule has 7 nitrogen and oxygen atoms in total. The van der Waals surface area contributed by atoms with E-state index in [1.54, 1.807) is 18.2 Å². The van der Waals surface area contributed by atoms with Crippen LogP contribution in [0.5, 0.6) is 11.5 Å². The molecule has 0 saturated carbocycles. The third kappa shape index (κ3) is 3.74. The number of nitriles is 1. The zero-order valence-electron chi connectivity index (χ0n) is 17.9. The van der Waals surface area contributed by atoms with E-state index in [2.05, 4.69) is 0 Å². The van der Waals surface area contributed by atoms with Crippen LogP contribution in [0.4, 0.5) is 18.9 Å². The number of imide groups is 1. The van der Waals surface area contributed by atoms with Crippen LogP contribution in [0.1, 0.15) is 17.0 Å². The van der Waals surface area contributed by atoms with E-state index in [1.807, 2.05) is 6.07 Å². The zero-order chi connectivity index (χ0) is 24.8. The number of fused-ring (bicyclic) bond motifs is 1. The quantitative estimate of drug-likeness (QED) is 0.651. The molecule has 3 atom stereocenters. The second kappa shape index (κ2) is 8.61. The second-order valence-corrected chi connectivity index (χ2v) is 8.79. The highest BCUT2D eigenvalue weighted by Crippen LogP contribution is 2.51. The number of carbonyl (C=O) groups excluding carboxylic acids is 2. The van der Waals surface area contributed by atoms with Crippen molar-refractivity contribution in [3.63, 3.8) is 0 Å². The van der Waals surface area contributed by atoms with Crippen molar-refractivity contribution in [3.8, 4) is 17.6 Å². The summed E-state index contributed by atoms with van der Waals surface area (Å²) >= 11 is 0.870. The van der Waals surface area contributed by atoms with E-state index in [9.17, 15) is 28.0 Å². The van der Waals surface area contributed by atoms with E-state index in [1.165, 1.54) is 20.3 Å². The summed E-state index contributed by atoms with van der Waals surface area (Å²) in [5.74, 6) is -2.58. The molecule has 2 aromatic rings. The number of carbonyl (C=O) groups is 2. The largest absolute Gasteiger partial charge is 0.493 e. The van der Waals surface area contributed by atoms with E-state index < -0.39 is 40.6 Å². The lowest BCUT2D eigenvalue weighted by molar-refractivity contribution is -0.137. The number of allylic oxidation sites excluding steroid dienone is 1. The maximum absolute atomic E-state index is 13.5. The number of hydrogen-bond acceptors (Lipinski definition) is 7. The van der Waals surface area contributed by atoms with Gasteiger partial charge < -0.3 is 15.2 Å². The fraction of sp³-hybridized carbons (Fsp3) is 0.261. The van der Waals surface area contributed by atoms with Crippen LogP contribution in [0.15, 0.2) is 53.1 Å². The number of rotatable bonds is 4. The molecule has 2 aromatic carbocycles. The van der Waals surface area contributed by atoms with Crippen molar-refractivity contribution in [1.82, 2.24) is 0 Å². The van der Waals surface area contributed by atoms with Crippen molar-refractivity contribution in [1.29, 1.82) is 5.26 Å². The van der Waals surface area contributed by atoms with Crippen LogP contribution in [0.2, 0.25) is 0 Å². The minimum Gasteiger partial charge on any atom is -0.493 e. The molecule has 11 heteroatoms. The maximum Gasteiger partial charge on any atom is 0.416 e. The summed E-state index contributed by atoms with van der Waals surface area (Å²) < 4.78 is 50.3. The average Bonchev–Trinajstić information content (AvgIpc) is 3.06. The van der Waals surface area contributed by atoms with E-state index in [4.69, 9.17) is 15.2 Å². The molecule has 0 aromatic heterocycles. The van der Waals surface area contributed by atoms with E-state index in [-0.39, 0.29) is 16.3 Å². The molecule has 0 spiro atoms. The van der Waals surface area contributed by atoms with Gasteiger partial charge in [0.15, 0.2) is 11.5 Å². The van der Waals surface area contributed by atoms with Crippen molar-refractivity contribution in [2.24, 2.45) is 11.7 Å². The highest BCUT2D eigenvalue weighted by atomic mass is 32.2. The van der Waals surface area contributed by atoms with Gasteiger partial charge in [-0.1, -0.05) is 23.9 Å². The van der Waals surface area contributed by atoms with Gasteiger partial charge in [-0.2, -0.15) is 18.4 Å². The number of halogens is 3. The highest BCUT2D eigenvalue weighted by Gasteiger charge is 2.56. The third-order valence-electron chi connectivity index (χ3n) is 5.80. The number of nitrogens with two attached hydrogens (primary N) is 1. The Hall–Kier alpha value is -3.65. The van der Waals surface area contributed by atoms with Crippen molar-refractivity contribution < 1.29 is 32.2 Å². The first-order valence-electron chi connectivity index (χ1n) is 9.95. The fourth-order valence-corrected chi connectivity index (χ4v) is 5.46. The number of ether oxygens (including phenoxy) is 2. The van der Waals surface area contributed by atoms with E-state index in [0.717, 1.165) is 34.9 Å². The van der Waals surface area contributed by atoms with Crippen LogP contribution < -0.4 is 20.1 Å². The van der Waals surface area contributed by atoms with Gasteiger partial charge in [0.2, 0.25) is 11.8 Å². The van der Waals surface area contributed by atoms with Gasteiger partial charge in [-0.05, 0) is 35.9 Å². The lowest BCUT2D eigenvalue weighted by atomic mass is 9.79. The molecule has 1 saturated heterocycles. The summed E-state index contributed by atoms with van der Waals surface area (Å²) in [4.78, 5) is 27.5. The number of nitrogens with zero attached hydrogens (tertiary/aromatic N) is 2. The van der Waals surface area contributed by atoms with Crippen LogP contribution in [0, 0.1) is 17.2 Å². The van der Waals surface area contributed by atoms with Crippen LogP contribution in [0.25, 0.3) is 0 Å². The number of amides is 2. The number of benzene rings is 2. The molecule has 0 bridgehead atoms. The average molecular weight is 489 g/mol. The van der Waals surface area contributed by atoms with Gasteiger partial charge in [-0.15, -0.1) is 0 Å². The van der Waals surface area contributed by atoms with E-state index >= 15 is 0 Å². The molecule has 0 aliphatic carbocycles. The molecule has 176 valence electrons. The summed E-state index contributed by atoms with van der Waals surface area (Å²) in [6.45, 7) is 0.